The summed E-state index contributed by atoms with van der Waals surface area (Å²) in [5.74, 6) is 0.0664. The summed E-state index contributed by atoms with van der Waals surface area (Å²) in [5, 5.41) is 3.01. The zero-order valence-electron chi connectivity index (χ0n) is 19.9. The summed E-state index contributed by atoms with van der Waals surface area (Å²) >= 11 is 0. The van der Waals surface area contributed by atoms with Crippen molar-refractivity contribution in [3.63, 3.8) is 0 Å². The van der Waals surface area contributed by atoms with Crippen LogP contribution < -0.4 is 14.8 Å². The number of alkyl halides is 3. The van der Waals surface area contributed by atoms with Gasteiger partial charge >= 0.3 is 6.18 Å². The number of fused-ring (bicyclic) bond motifs is 4. The number of carbonyl (C=O) groups excluding carboxylic acids is 1. The highest BCUT2D eigenvalue weighted by molar-refractivity contribution is 6.09. The molecule has 0 saturated heterocycles. The Kier molecular flexibility index (Phi) is 4.98. The van der Waals surface area contributed by atoms with Crippen LogP contribution in [0.3, 0.4) is 0 Å². The highest BCUT2D eigenvalue weighted by atomic mass is 19.4. The van der Waals surface area contributed by atoms with Gasteiger partial charge in [-0.15, -0.1) is 0 Å². The van der Waals surface area contributed by atoms with Crippen LogP contribution in [0.25, 0.3) is 0 Å². The number of halogens is 3. The van der Waals surface area contributed by atoms with Gasteiger partial charge in [-0.1, -0.05) is 24.3 Å². The molecule has 3 aromatic rings. The third-order valence-corrected chi connectivity index (χ3v) is 7.60. The number of ether oxygens (including phenoxy) is 2. The fourth-order valence-electron chi connectivity index (χ4n) is 5.70. The van der Waals surface area contributed by atoms with Gasteiger partial charge in [0.05, 0.1) is 6.61 Å². The molecular weight excluding hydrogens is 471 g/mol. The molecule has 188 valence electrons. The first-order valence-electron chi connectivity index (χ1n) is 12.1. The highest BCUT2D eigenvalue weighted by Crippen LogP contribution is 2.58. The van der Waals surface area contributed by atoms with E-state index in [2.05, 4.69) is 5.32 Å². The summed E-state index contributed by atoms with van der Waals surface area (Å²) in [6.07, 6.45) is -2.18. The van der Waals surface area contributed by atoms with E-state index >= 15 is 0 Å². The minimum absolute atomic E-state index is 0.0736. The Bertz CT molecular complexity index is 1340. The number of carbonyl (C=O) groups is 1. The first-order valence-corrected chi connectivity index (χ1v) is 12.1. The van der Waals surface area contributed by atoms with E-state index in [4.69, 9.17) is 13.9 Å². The summed E-state index contributed by atoms with van der Waals surface area (Å²) in [7, 11) is 0. The second-order valence-corrected chi connectivity index (χ2v) is 10.4. The van der Waals surface area contributed by atoms with Crippen molar-refractivity contribution in [2.45, 2.75) is 50.3 Å². The fourth-order valence-corrected chi connectivity index (χ4v) is 5.70. The zero-order chi connectivity index (χ0) is 25.3. The average Bonchev–Trinajstić information content (AvgIpc) is 3.43. The van der Waals surface area contributed by atoms with Gasteiger partial charge in [0.15, 0.2) is 0 Å². The van der Waals surface area contributed by atoms with Crippen LogP contribution in [-0.2, 0) is 22.8 Å². The Hall–Kier alpha value is -3.42. The molecule has 1 saturated carbocycles. The van der Waals surface area contributed by atoms with Crippen LogP contribution in [0, 0.1) is 11.8 Å². The maximum absolute atomic E-state index is 13.9. The van der Waals surface area contributed by atoms with Gasteiger partial charge in [0, 0.05) is 29.7 Å². The topological polar surface area (TPSA) is 60.7 Å². The predicted molar refractivity (Wildman–Crippen MR) is 126 cm³/mol. The molecule has 1 amide bonds. The minimum atomic E-state index is -4.59. The van der Waals surface area contributed by atoms with Crippen molar-refractivity contribution >= 4 is 11.6 Å². The van der Waals surface area contributed by atoms with Crippen molar-refractivity contribution in [2.75, 3.05) is 11.9 Å². The summed E-state index contributed by atoms with van der Waals surface area (Å²) in [5.41, 5.74) is -0.00107. The van der Waals surface area contributed by atoms with Gasteiger partial charge in [-0.05, 0) is 62.4 Å². The van der Waals surface area contributed by atoms with E-state index in [-0.39, 0.29) is 18.1 Å². The lowest BCUT2D eigenvalue weighted by molar-refractivity contribution is -0.153. The molecule has 1 N–H and O–H groups in total. The molecule has 1 aromatic heterocycles. The zero-order valence-corrected chi connectivity index (χ0v) is 19.9. The van der Waals surface area contributed by atoms with Gasteiger partial charge in [-0.25, -0.2) is 0 Å². The number of hydrogen-bond acceptors (Lipinski definition) is 4. The van der Waals surface area contributed by atoms with Gasteiger partial charge < -0.3 is 19.2 Å². The summed E-state index contributed by atoms with van der Waals surface area (Å²) in [6, 6.07) is 15.2. The fraction of sp³-hybridized carbons (Fsp3) is 0.393. The molecule has 1 fully saturated rings. The summed E-state index contributed by atoms with van der Waals surface area (Å²) in [6.45, 7) is 4.36. The van der Waals surface area contributed by atoms with Crippen molar-refractivity contribution in [3.8, 4) is 11.5 Å². The van der Waals surface area contributed by atoms with Crippen LogP contribution in [0.5, 0.6) is 11.5 Å². The number of nitrogens with one attached hydrogen (secondary N) is 1. The average molecular weight is 498 g/mol. The predicted octanol–water partition coefficient (Wildman–Crippen LogP) is 6.36. The van der Waals surface area contributed by atoms with E-state index < -0.39 is 28.9 Å². The molecule has 8 heteroatoms. The summed E-state index contributed by atoms with van der Waals surface area (Å²) in [4.78, 5) is 13.9. The maximum atomic E-state index is 13.9. The molecule has 2 aliphatic heterocycles. The van der Waals surface area contributed by atoms with Gasteiger partial charge in [0.25, 0.3) is 0 Å². The van der Waals surface area contributed by atoms with Crippen LogP contribution in [0.15, 0.2) is 59.0 Å². The summed E-state index contributed by atoms with van der Waals surface area (Å²) < 4.78 is 57.4. The Morgan fingerprint density at radius 3 is 2.56 bits per heavy atom. The molecule has 0 radical (unpaired) electrons. The number of rotatable bonds is 5. The molecule has 1 aliphatic carbocycles. The standard InChI is InChI=1S/C28H26F3NO4/c1-26(2)23(14-18-10-12-24(35-18)28(29,30)31)27(19-5-3-4-6-21(19)32-25(27)33)20-11-9-17(13-22(20)36-26)34-15-16-7-8-16/h3-6,9-13,16,23H,7-8,14-15H2,1-2H3,(H,32,33). The molecule has 3 aliphatic rings. The molecule has 5 nitrogen and oxygen atoms in total. The lowest BCUT2D eigenvalue weighted by atomic mass is 9.58. The lowest BCUT2D eigenvalue weighted by Gasteiger charge is -2.50. The smallest absolute Gasteiger partial charge is 0.449 e. The number of para-hydroxylation sites is 1. The molecule has 3 heterocycles. The van der Waals surface area contributed by atoms with Crippen LogP contribution in [0.2, 0.25) is 0 Å². The molecule has 2 unspecified atom stereocenters. The van der Waals surface area contributed by atoms with Gasteiger partial charge in [-0.2, -0.15) is 13.2 Å². The van der Waals surface area contributed by atoms with Crippen LogP contribution >= 0.6 is 0 Å². The van der Waals surface area contributed by atoms with Crippen LogP contribution in [0.1, 0.15) is 49.3 Å². The molecule has 2 atom stereocenters. The third-order valence-electron chi connectivity index (χ3n) is 7.60. The van der Waals surface area contributed by atoms with E-state index in [9.17, 15) is 18.0 Å². The lowest BCUT2D eigenvalue weighted by Crippen LogP contribution is -2.58. The molecule has 36 heavy (non-hydrogen) atoms. The number of furan rings is 1. The van der Waals surface area contributed by atoms with Crippen molar-refractivity contribution in [1.29, 1.82) is 0 Å². The quantitative estimate of drug-likeness (QED) is 0.446. The van der Waals surface area contributed by atoms with E-state index in [1.807, 2.05) is 56.3 Å². The van der Waals surface area contributed by atoms with E-state index in [1.165, 1.54) is 18.9 Å². The molecule has 6 rings (SSSR count). The van der Waals surface area contributed by atoms with Crippen LogP contribution in [0.4, 0.5) is 18.9 Å². The number of hydrogen-bond donors (Lipinski definition) is 1. The molecule has 2 aromatic carbocycles. The van der Waals surface area contributed by atoms with E-state index in [0.29, 0.717) is 35.3 Å². The largest absolute Gasteiger partial charge is 0.493 e. The Morgan fingerprint density at radius 1 is 1.06 bits per heavy atom. The van der Waals surface area contributed by atoms with Gasteiger partial charge in [-0.3, -0.25) is 4.79 Å². The minimum Gasteiger partial charge on any atom is -0.493 e. The van der Waals surface area contributed by atoms with E-state index in [0.717, 1.165) is 11.6 Å². The Morgan fingerprint density at radius 2 is 1.83 bits per heavy atom. The second kappa shape index (κ2) is 7.79. The van der Waals surface area contributed by atoms with Crippen molar-refractivity contribution < 1.29 is 31.9 Å². The van der Waals surface area contributed by atoms with Gasteiger partial charge in [0.1, 0.15) is 28.3 Å². The molecule has 0 bridgehead atoms. The van der Waals surface area contributed by atoms with Crippen molar-refractivity contribution in [2.24, 2.45) is 11.8 Å². The Labute approximate surface area is 206 Å². The third kappa shape index (κ3) is 3.57. The second-order valence-electron chi connectivity index (χ2n) is 10.4. The van der Waals surface area contributed by atoms with Crippen LogP contribution in [-0.4, -0.2) is 18.1 Å². The first-order chi connectivity index (χ1) is 17.1. The SMILES string of the molecule is CC1(C)Oc2cc(OCC3CC3)ccc2C2(C(=O)Nc3ccccc32)C1Cc1ccc(C(F)(F)F)o1. The first kappa shape index (κ1) is 23.0. The number of anilines is 1. The van der Waals surface area contributed by atoms with E-state index in [1.54, 1.807) is 0 Å². The Balaban J connectivity index is 1.49. The monoisotopic (exact) mass is 497 g/mol. The van der Waals surface area contributed by atoms with Crippen molar-refractivity contribution in [1.82, 2.24) is 0 Å². The van der Waals surface area contributed by atoms with Crippen molar-refractivity contribution in [3.05, 3.63) is 77.2 Å². The molecular formula is C28H26F3NO4. The molecule has 1 spiro atoms. The maximum Gasteiger partial charge on any atom is 0.449 e. The normalized spacial score (nSPS) is 24.1. The van der Waals surface area contributed by atoms with Gasteiger partial charge in [0.2, 0.25) is 11.7 Å². The highest BCUT2D eigenvalue weighted by Gasteiger charge is 2.62. The number of benzene rings is 2. The number of amides is 1.